The predicted molar refractivity (Wildman–Crippen MR) is 24.2 cm³/mol. The van der Waals surface area contributed by atoms with Crippen molar-refractivity contribution in [2.75, 3.05) is 0 Å². The first-order valence-corrected chi connectivity index (χ1v) is 1.81. The van der Waals surface area contributed by atoms with E-state index in [1.807, 2.05) is 0 Å². The molecule has 1 atom stereocenters. The highest BCUT2D eigenvalue weighted by atomic mass is 16.5. The molecule has 0 bridgehead atoms. The maximum atomic E-state index is 10.1. The lowest BCUT2D eigenvalue weighted by Crippen LogP contribution is -2.13. The molecule has 38 valence electrons. The van der Waals surface area contributed by atoms with E-state index in [2.05, 4.69) is 4.99 Å². The lowest BCUT2D eigenvalue weighted by atomic mass is 10.8. The van der Waals surface area contributed by atoms with Gasteiger partial charge in [0.2, 0.25) is 0 Å². The van der Waals surface area contributed by atoms with Gasteiger partial charge in [-0.15, -0.1) is 0 Å². The summed E-state index contributed by atoms with van der Waals surface area (Å²) in [6.45, 7) is 0. The molecule has 0 aromatic rings. The molecule has 1 unspecified atom stereocenters. The Morgan fingerprint density at radius 1 is 1.86 bits per heavy atom. The molecule has 4 nitrogen and oxygen atoms in total. The third-order valence-electron chi connectivity index (χ3n) is 0.661. The van der Waals surface area contributed by atoms with Crippen molar-refractivity contribution in [3.8, 4) is 0 Å². The average Bonchev–Trinajstić information content (AvgIpc) is 1.91. The number of hydrogen-bond donors (Lipinski definition) is 1. The molecule has 0 aromatic carbocycles. The van der Waals surface area contributed by atoms with Crippen molar-refractivity contribution in [1.29, 1.82) is 0 Å². The van der Waals surface area contributed by atoms with Gasteiger partial charge < -0.3 is 10.3 Å². The molecule has 0 radical (unpaired) electrons. The number of rotatable bonds is 0. The number of hydroxylamine groups is 1. The Morgan fingerprint density at radius 2 is 2.57 bits per heavy atom. The molecule has 0 spiro atoms. The summed E-state index contributed by atoms with van der Waals surface area (Å²) in [4.78, 5) is 3.31. The van der Waals surface area contributed by atoms with Crippen LogP contribution in [0.2, 0.25) is 0 Å². The topological polar surface area (TPSA) is 58.7 Å². The summed E-state index contributed by atoms with van der Waals surface area (Å²) in [7, 11) is 0. The SMILES string of the molecule is [O-][N+]1=CC=NC1O. The van der Waals surface area contributed by atoms with Crippen LogP contribution in [0.25, 0.3) is 0 Å². The molecule has 0 aromatic heterocycles. The molecule has 1 N–H and O–H groups in total. The number of aliphatic hydroxyl groups is 1. The van der Waals surface area contributed by atoms with Crippen LogP contribution in [0.4, 0.5) is 0 Å². The van der Waals surface area contributed by atoms with Crippen molar-refractivity contribution in [3.05, 3.63) is 5.21 Å². The number of aliphatic hydroxyl groups excluding tert-OH is 1. The van der Waals surface area contributed by atoms with Gasteiger partial charge in [-0.1, -0.05) is 0 Å². The summed E-state index contributed by atoms with van der Waals surface area (Å²) in [5.74, 6) is 0. The van der Waals surface area contributed by atoms with Crippen LogP contribution in [0.3, 0.4) is 0 Å². The molecule has 7 heavy (non-hydrogen) atoms. The van der Waals surface area contributed by atoms with Crippen LogP contribution >= 0.6 is 0 Å². The van der Waals surface area contributed by atoms with Crippen molar-refractivity contribution >= 4 is 12.4 Å². The van der Waals surface area contributed by atoms with Crippen LogP contribution in [0.1, 0.15) is 0 Å². The molecule has 1 aliphatic heterocycles. The summed E-state index contributed by atoms with van der Waals surface area (Å²) < 4.78 is 0.361. The standard InChI is InChI=1S/C3H4N2O2/c6-3-4-1-2-5(3)7/h1-3,6H. The summed E-state index contributed by atoms with van der Waals surface area (Å²) in [6.07, 6.45) is 1.22. The Bertz CT molecular complexity index is 129. The third kappa shape index (κ3) is 0.592. The summed E-state index contributed by atoms with van der Waals surface area (Å²) in [6, 6.07) is 0. The largest absolute Gasteiger partial charge is 0.620 e. The minimum Gasteiger partial charge on any atom is -0.620 e. The third-order valence-corrected chi connectivity index (χ3v) is 0.661. The first kappa shape index (κ1) is 4.26. The van der Waals surface area contributed by atoms with Crippen molar-refractivity contribution in [3.63, 3.8) is 0 Å². The fraction of sp³-hybridized carbons (Fsp3) is 0.333. The average molecular weight is 100 g/mol. The van der Waals surface area contributed by atoms with E-state index in [1.165, 1.54) is 6.21 Å². The van der Waals surface area contributed by atoms with Crippen LogP contribution in [0, 0.1) is 5.21 Å². The summed E-state index contributed by atoms with van der Waals surface area (Å²) >= 11 is 0. The second-order valence-electron chi connectivity index (χ2n) is 1.15. The van der Waals surface area contributed by atoms with Crippen LogP contribution in [-0.4, -0.2) is 28.6 Å². The van der Waals surface area contributed by atoms with Crippen LogP contribution in [0.15, 0.2) is 4.99 Å². The monoisotopic (exact) mass is 100 g/mol. The van der Waals surface area contributed by atoms with E-state index >= 15 is 0 Å². The van der Waals surface area contributed by atoms with Crippen molar-refractivity contribution < 1.29 is 9.85 Å². The van der Waals surface area contributed by atoms with Gasteiger partial charge >= 0.3 is 6.35 Å². The Hall–Kier alpha value is -0.900. The zero-order valence-electron chi connectivity index (χ0n) is 3.48. The van der Waals surface area contributed by atoms with E-state index in [9.17, 15) is 5.21 Å². The van der Waals surface area contributed by atoms with E-state index in [4.69, 9.17) is 5.11 Å². The molecule has 1 heterocycles. The molecule has 0 amide bonds. The zero-order chi connectivity index (χ0) is 5.28. The molecular formula is C3H4N2O2. The molecule has 1 rings (SSSR count). The van der Waals surface area contributed by atoms with Gasteiger partial charge in [0.05, 0.1) is 6.21 Å². The maximum absolute atomic E-state index is 10.1. The number of aliphatic imine (C=N–C) groups is 1. The van der Waals surface area contributed by atoms with Gasteiger partial charge in [-0.2, -0.15) is 9.73 Å². The smallest absolute Gasteiger partial charge is 0.368 e. The first-order valence-electron chi connectivity index (χ1n) is 1.81. The van der Waals surface area contributed by atoms with E-state index in [0.717, 1.165) is 6.21 Å². The van der Waals surface area contributed by atoms with Gasteiger partial charge in [-0.05, 0) is 0 Å². The van der Waals surface area contributed by atoms with E-state index < -0.39 is 6.35 Å². The summed E-state index contributed by atoms with van der Waals surface area (Å²) in [5, 5.41) is 18.4. The zero-order valence-corrected chi connectivity index (χ0v) is 3.48. The second kappa shape index (κ2) is 1.31. The quantitative estimate of drug-likeness (QED) is 0.311. The highest BCUT2D eigenvalue weighted by Crippen LogP contribution is 1.87. The highest BCUT2D eigenvalue weighted by molar-refractivity contribution is 6.14. The van der Waals surface area contributed by atoms with Gasteiger partial charge in [0.25, 0.3) is 0 Å². The van der Waals surface area contributed by atoms with Crippen molar-refractivity contribution in [1.82, 2.24) is 0 Å². The van der Waals surface area contributed by atoms with E-state index in [-0.39, 0.29) is 0 Å². The van der Waals surface area contributed by atoms with Gasteiger partial charge in [-0.25, -0.2) is 0 Å². The Balaban J connectivity index is 2.69. The Morgan fingerprint density at radius 3 is 2.71 bits per heavy atom. The number of nitrogens with zero attached hydrogens (tertiary/aromatic N) is 2. The van der Waals surface area contributed by atoms with E-state index in [0.29, 0.717) is 4.74 Å². The minimum absolute atomic E-state index is 0.361. The molecule has 1 aliphatic rings. The number of hydrogen-bond acceptors (Lipinski definition) is 3. The molecule has 0 aliphatic carbocycles. The highest BCUT2D eigenvalue weighted by Gasteiger charge is 2.09. The molecule has 0 saturated heterocycles. The van der Waals surface area contributed by atoms with Crippen molar-refractivity contribution in [2.45, 2.75) is 6.35 Å². The van der Waals surface area contributed by atoms with Crippen LogP contribution < -0.4 is 0 Å². The normalized spacial score (nSPS) is 28.1. The summed E-state index contributed by atoms with van der Waals surface area (Å²) in [5.41, 5.74) is 0. The predicted octanol–water partition coefficient (Wildman–Crippen LogP) is -1.07. The van der Waals surface area contributed by atoms with Crippen LogP contribution in [-0.2, 0) is 0 Å². The van der Waals surface area contributed by atoms with Gasteiger partial charge in [0.1, 0.15) is 0 Å². The molecule has 4 heteroatoms. The lowest BCUT2D eigenvalue weighted by molar-refractivity contribution is -0.539. The fourth-order valence-electron chi connectivity index (χ4n) is 0.324. The van der Waals surface area contributed by atoms with Gasteiger partial charge in [0.15, 0.2) is 6.21 Å². The Labute approximate surface area is 40.0 Å². The minimum atomic E-state index is -1.19. The first-order chi connectivity index (χ1) is 3.30. The molecular weight excluding hydrogens is 96.0 g/mol. The molecule has 0 fully saturated rings. The lowest BCUT2D eigenvalue weighted by Gasteiger charge is -1.97. The van der Waals surface area contributed by atoms with Gasteiger partial charge in [0, 0.05) is 0 Å². The fourth-order valence-corrected chi connectivity index (χ4v) is 0.324. The maximum Gasteiger partial charge on any atom is 0.368 e. The van der Waals surface area contributed by atoms with Gasteiger partial charge in [-0.3, -0.25) is 0 Å². The van der Waals surface area contributed by atoms with Crippen molar-refractivity contribution in [2.24, 2.45) is 4.99 Å². The van der Waals surface area contributed by atoms with Crippen LogP contribution in [0.5, 0.6) is 0 Å². The van der Waals surface area contributed by atoms with E-state index in [1.54, 1.807) is 0 Å². The Kier molecular flexibility index (Phi) is 0.796. The molecule has 0 saturated carbocycles. The second-order valence-corrected chi connectivity index (χ2v) is 1.15.